The zero-order valence-corrected chi connectivity index (χ0v) is 22.0. The van der Waals surface area contributed by atoms with E-state index in [0.29, 0.717) is 40.7 Å². The first kappa shape index (κ1) is 26.3. The number of rotatable bonds is 9. The van der Waals surface area contributed by atoms with Crippen LogP contribution in [0, 0.1) is 19.8 Å². The maximum absolute atomic E-state index is 12.9. The Labute approximate surface area is 219 Å². The second-order valence-corrected chi connectivity index (χ2v) is 9.87. The molecular formula is C27H29FN4O4S. The zero-order chi connectivity index (χ0) is 26.5. The highest BCUT2D eigenvalue weighted by Gasteiger charge is 2.30. The van der Waals surface area contributed by atoms with Crippen LogP contribution in [0.2, 0.25) is 0 Å². The van der Waals surface area contributed by atoms with E-state index in [9.17, 15) is 14.0 Å². The summed E-state index contributed by atoms with van der Waals surface area (Å²) in [7, 11) is 1.49. The Morgan fingerprint density at radius 1 is 1.19 bits per heavy atom. The van der Waals surface area contributed by atoms with Gasteiger partial charge in [0, 0.05) is 23.6 Å². The van der Waals surface area contributed by atoms with E-state index in [4.69, 9.17) is 14.6 Å². The summed E-state index contributed by atoms with van der Waals surface area (Å²) in [5, 5.41) is 9.92. The van der Waals surface area contributed by atoms with E-state index in [2.05, 4.69) is 10.3 Å². The number of hydrazone groups is 1. The van der Waals surface area contributed by atoms with E-state index in [-0.39, 0.29) is 17.7 Å². The Hall–Kier alpha value is -3.79. The normalized spacial score (nSPS) is 15.4. The second kappa shape index (κ2) is 11.5. The summed E-state index contributed by atoms with van der Waals surface area (Å²) in [6, 6.07) is 12.5. The third kappa shape index (κ3) is 5.96. The molecule has 0 aliphatic carbocycles. The number of carbonyl (C=O) groups is 2. The van der Waals surface area contributed by atoms with Gasteiger partial charge in [0.2, 0.25) is 12.8 Å². The molecule has 1 N–H and O–H groups in total. The van der Waals surface area contributed by atoms with Crippen molar-refractivity contribution >= 4 is 34.6 Å². The monoisotopic (exact) mass is 524 g/mol. The minimum atomic E-state index is -0.955. The molecule has 1 atom stereocenters. The number of nitrogens with one attached hydrogen (secondary N) is 1. The van der Waals surface area contributed by atoms with Gasteiger partial charge in [0.1, 0.15) is 4.88 Å². The van der Waals surface area contributed by atoms with Gasteiger partial charge in [-0.25, -0.2) is 14.4 Å². The summed E-state index contributed by atoms with van der Waals surface area (Å²) in [5.74, 6) is 0.405. The second-order valence-electron chi connectivity index (χ2n) is 8.66. The van der Waals surface area contributed by atoms with E-state index in [1.54, 1.807) is 30.3 Å². The molecule has 8 nitrogen and oxygen atoms in total. The van der Waals surface area contributed by atoms with Gasteiger partial charge in [0.25, 0.3) is 5.91 Å². The molecule has 10 heteroatoms. The fraction of sp³-hybridized carbons (Fsp3) is 0.333. The van der Waals surface area contributed by atoms with Crippen molar-refractivity contribution in [2.24, 2.45) is 11.0 Å². The Morgan fingerprint density at radius 3 is 2.57 bits per heavy atom. The third-order valence-electron chi connectivity index (χ3n) is 6.14. The van der Waals surface area contributed by atoms with E-state index < -0.39 is 6.86 Å². The molecule has 0 saturated carbocycles. The van der Waals surface area contributed by atoms with Crippen molar-refractivity contribution in [3.8, 4) is 11.5 Å². The summed E-state index contributed by atoms with van der Waals surface area (Å²) in [4.78, 5) is 30.4. The van der Waals surface area contributed by atoms with Gasteiger partial charge in [0.05, 0.1) is 30.1 Å². The van der Waals surface area contributed by atoms with E-state index in [1.165, 1.54) is 23.5 Å². The number of thiazole rings is 1. The Bertz CT molecular complexity index is 1320. The van der Waals surface area contributed by atoms with E-state index >= 15 is 0 Å². The minimum Gasteiger partial charge on any atom is -0.493 e. The van der Waals surface area contributed by atoms with Gasteiger partial charge in [-0.3, -0.25) is 9.59 Å². The number of alkyl halides is 1. The fourth-order valence-corrected chi connectivity index (χ4v) is 5.05. The van der Waals surface area contributed by atoms with E-state index in [1.807, 2.05) is 32.9 Å². The number of amides is 2. The van der Waals surface area contributed by atoms with Crippen LogP contribution in [0.25, 0.3) is 0 Å². The molecule has 194 valence electrons. The number of anilines is 1. The lowest BCUT2D eigenvalue weighted by Gasteiger charge is -2.29. The molecule has 0 saturated heterocycles. The number of nitrogens with zero attached hydrogens (tertiary/aromatic N) is 3. The van der Waals surface area contributed by atoms with Crippen molar-refractivity contribution in [3.63, 3.8) is 0 Å². The van der Waals surface area contributed by atoms with Crippen LogP contribution in [0.15, 0.2) is 47.6 Å². The lowest BCUT2D eigenvalue weighted by atomic mass is 9.89. The molecular weight excluding hydrogens is 495 g/mol. The van der Waals surface area contributed by atoms with Crippen molar-refractivity contribution in [2.45, 2.75) is 40.2 Å². The number of hydrogen-bond donors (Lipinski definition) is 1. The summed E-state index contributed by atoms with van der Waals surface area (Å²) >= 11 is 1.36. The van der Waals surface area contributed by atoms with Gasteiger partial charge < -0.3 is 14.8 Å². The molecule has 0 bridgehead atoms. The number of ether oxygens (including phenoxy) is 2. The molecule has 3 aromatic rings. The lowest BCUT2D eigenvalue weighted by Crippen LogP contribution is -2.36. The molecule has 0 fully saturated rings. The summed E-state index contributed by atoms with van der Waals surface area (Å²) in [5.41, 5.74) is 3.80. The van der Waals surface area contributed by atoms with Crippen LogP contribution in [-0.2, 0) is 11.3 Å². The largest absolute Gasteiger partial charge is 0.493 e. The van der Waals surface area contributed by atoms with E-state index in [0.717, 1.165) is 28.3 Å². The summed E-state index contributed by atoms with van der Waals surface area (Å²) < 4.78 is 23.0. The van der Waals surface area contributed by atoms with Crippen LogP contribution in [-0.4, -0.2) is 41.5 Å². The van der Waals surface area contributed by atoms with Crippen LogP contribution in [0.5, 0.6) is 11.5 Å². The molecule has 0 radical (unpaired) electrons. The first-order chi connectivity index (χ1) is 17.8. The number of carbonyl (C=O) groups excluding carboxylic acids is 2. The number of aromatic nitrogens is 1. The third-order valence-corrected chi connectivity index (χ3v) is 7.21. The molecule has 1 aliphatic heterocycles. The maximum Gasteiger partial charge on any atom is 0.267 e. The highest BCUT2D eigenvalue weighted by atomic mass is 32.1. The van der Waals surface area contributed by atoms with Gasteiger partial charge in [-0.2, -0.15) is 5.10 Å². The topological polar surface area (TPSA) is 93.1 Å². The highest BCUT2D eigenvalue weighted by molar-refractivity contribution is 7.13. The predicted molar refractivity (Wildman–Crippen MR) is 141 cm³/mol. The molecule has 2 aromatic carbocycles. The average molecular weight is 525 g/mol. The Morgan fingerprint density at radius 2 is 1.95 bits per heavy atom. The van der Waals surface area contributed by atoms with Crippen LogP contribution in [0.1, 0.15) is 51.3 Å². The quantitative estimate of drug-likeness (QED) is 0.400. The predicted octanol–water partition coefficient (Wildman–Crippen LogP) is 5.49. The van der Waals surface area contributed by atoms with Crippen LogP contribution in [0.4, 0.5) is 10.1 Å². The van der Waals surface area contributed by atoms with Gasteiger partial charge >= 0.3 is 0 Å². The maximum atomic E-state index is 12.9. The average Bonchev–Trinajstić information content (AvgIpc) is 3.24. The minimum absolute atomic E-state index is 0.0437. The number of aryl methyl sites for hydroxylation is 2. The molecule has 1 unspecified atom stereocenters. The SMILES string of the molecule is CCC1CC(=O)N(Cc2ccc(NC(=O)c3sc(C)nc3C)cc2)N=C1c1ccc(OCF)c(OC)c1. The first-order valence-electron chi connectivity index (χ1n) is 11.9. The zero-order valence-electron chi connectivity index (χ0n) is 21.2. The van der Waals surface area contributed by atoms with Crippen molar-refractivity contribution in [2.75, 3.05) is 19.3 Å². The fourth-order valence-electron chi connectivity index (χ4n) is 4.24. The van der Waals surface area contributed by atoms with Gasteiger partial charge in [-0.15, -0.1) is 11.3 Å². The van der Waals surface area contributed by atoms with Gasteiger partial charge in [-0.05, 0) is 56.2 Å². The Balaban J connectivity index is 1.52. The standard InChI is InChI=1S/C27H29FN4O4S/c1-5-19-13-24(33)32(31-25(19)20-8-11-22(36-15-28)23(12-20)35-4)14-18-6-9-21(10-7-18)30-27(34)26-16(2)29-17(3)37-26/h6-12,19H,5,13-15H2,1-4H3,(H,30,34). The number of hydrogen-bond acceptors (Lipinski definition) is 7. The molecule has 2 heterocycles. The van der Waals surface area contributed by atoms with Gasteiger partial charge in [0.15, 0.2) is 11.5 Å². The molecule has 0 spiro atoms. The number of halogens is 1. The highest BCUT2D eigenvalue weighted by Crippen LogP contribution is 2.32. The van der Waals surface area contributed by atoms with Crippen molar-refractivity contribution < 1.29 is 23.5 Å². The number of methoxy groups -OCH3 is 1. The molecule has 1 aliphatic rings. The van der Waals surface area contributed by atoms with Crippen molar-refractivity contribution in [1.29, 1.82) is 0 Å². The van der Waals surface area contributed by atoms with Crippen LogP contribution in [0.3, 0.4) is 0 Å². The van der Waals surface area contributed by atoms with Crippen LogP contribution < -0.4 is 14.8 Å². The Kier molecular flexibility index (Phi) is 8.17. The molecule has 1 aromatic heterocycles. The number of benzene rings is 2. The molecule has 2 amide bonds. The van der Waals surface area contributed by atoms with Crippen molar-refractivity contribution in [3.05, 3.63) is 69.2 Å². The van der Waals surface area contributed by atoms with Crippen LogP contribution >= 0.6 is 11.3 Å². The summed E-state index contributed by atoms with van der Waals surface area (Å²) in [6.45, 7) is 5.04. The molecule has 4 rings (SSSR count). The summed E-state index contributed by atoms with van der Waals surface area (Å²) in [6.07, 6.45) is 1.08. The van der Waals surface area contributed by atoms with Gasteiger partial charge in [-0.1, -0.05) is 19.1 Å². The smallest absolute Gasteiger partial charge is 0.267 e. The molecule has 37 heavy (non-hydrogen) atoms. The first-order valence-corrected chi connectivity index (χ1v) is 12.7. The van der Waals surface area contributed by atoms with Crippen molar-refractivity contribution in [1.82, 2.24) is 9.99 Å². The lowest BCUT2D eigenvalue weighted by molar-refractivity contribution is -0.133.